The maximum absolute atomic E-state index is 12.7. The summed E-state index contributed by atoms with van der Waals surface area (Å²) in [6, 6.07) is 4.83. The standard InChI is InChI=1S/C17H17ClN4O4S/c1-3-6-21-16(24)15-12(9-27-20-15)22(17(21)25)8-14(23)19-10-4-5-13(26-2)11(18)7-10/h4-5,7,9H,3,6,8H2,1-2H3,(H,19,23). The summed E-state index contributed by atoms with van der Waals surface area (Å²) < 4.78 is 11.5. The zero-order valence-corrected chi connectivity index (χ0v) is 16.3. The van der Waals surface area contributed by atoms with Crippen LogP contribution in [0.25, 0.3) is 11.0 Å². The van der Waals surface area contributed by atoms with E-state index in [0.29, 0.717) is 28.4 Å². The van der Waals surface area contributed by atoms with Crippen molar-refractivity contribution in [2.24, 2.45) is 0 Å². The number of ether oxygens (including phenoxy) is 1. The Morgan fingerprint density at radius 1 is 1.33 bits per heavy atom. The Labute approximate surface area is 163 Å². The van der Waals surface area contributed by atoms with Gasteiger partial charge in [-0.3, -0.25) is 18.7 Å². The summed E-state index contributed by atoms with van der Waals surface area (Å²) in [6.45, 7) is 1.88. The summed E-state index contributed by atoms with van der Waals surface area (Å²) in [5, 5.41) is 4.63. The van der Waals surface area contributed by atoms with Crippen LogP contribution in [0.2, 0.25) is 5.02 Å². The van der Waals surface area contributed by atoms with Gasteiger partial charge in [-0.25, -0.2) is 4.79 Å². The highest BCUT2D eigenvalue weighted by Gasteiger charge is 2.17. The Hall–Kier alpha value is -2.65. The number of hydrogen-bond donors (Lipinski definition) is 1. The number of methoxy groups -OCH3 is 1. The van der Waals surface area contributed by atoms with Crippen LogP contribution in [-0.4, -0.2) is 26.5 Å². The van der Waals surface area contributed by atoms with Crippen molar-refractivity contribution >= 4 is 45.8 Å². The fraction of sp³-hybridized carbons (Fsp3) is 0.294. The molecule has 3 rings (SSSR count). The SMILES string of the molecule is CCCn1c(=O)c2nscc2n(CC(=O)Nc2ccc(OC)c(Cl)c2)c1=O. The average molecular weight is 409 g/mol. The highest BCUT2D eigenvalue weighted by atomic mass is 35.5. The number of rotatable bonds is 6. The number of nitrogens with one attached hydrogen (secondary N) is 1. The Balaban J connectivity index is 1.93. The fourth-order valence-corrected chi connectivity index (χ4v) is 3.62. The Kier molecular flexibility index (Phi) is 5.62. The smallest absolute Gasteiger partial charge is 0.332 e. The van der Waals surface area contributed by atoms with Crippen LogP contribution < -0.4 is 21.3 Å². The molecule has 0 spiro atoms. The van der Waals surface area contributed by atoms with Gasteiger partial charge in [0.25, 0.3) is 5.56 Å². The first kappa shape index (κ1) is 19.1. The molecule has 1 N–H and O–H groups in total. The van der Waals surface area contributed by atoms with Crippen molar-refractivity contribution in [3.8, 4) is 5.75 Å². The molecule has 10 heteroatoms. The fourth-order valence-electron chi connectivity index (χ4n) is 2.70. The van der Waals surface area contributed by atoms with Crippen LogP contribution in [-0.2, 0) is 17.9 Å². The van der Waals surface area contributed by atoms with E-state index < -0.39 is 17.2 Å². The summed E-state index contributed by atoms with van der Waals surface area (Å²) in [7, 11) is 1.50. The number of nitrogens with zero attached hydrogens (tertiary/aromatic N) is 3. The van der Waals surface area contributed by atoms with Crippen LogP contribution in [0.4, 0.5) is 5.69 Å². The van der Waals surface area contributed by atoms with Gasteiger partial charge in [0, 0.05) is 17.6 Å². The molecule has 3 aromatic rings. The second-order valence-electron chi connectivity index (χ2n) is 5.77. The van der Waals surface area contributed by atoms with Gasteiger partial charge in [0.15, 0.2) is 5.52 Å². The van der Waals surface area contributed by atoms with Crippen molar-refractivity contribution in [3.63, 3.8) is 0 Å². The number of carbonyl (C=O) groups excluding carboxylic acids is 1. The third kappa shape index (κ3) is 3.74. The predicted octanol–water partition coefficient (Wildman–Crippen LogP) is 2.33. The van der Waals surface area contributed by atoms with E-state index in [-0.39, 0.29) is 18.6 Å². The van der Waals surface area contributed by atoms with Crippen molar-refractivity contribution in [1.82, 2.24) is 13.5 Å². The van der Waals surface area contributed by atoms with E-state index in [1.54, 1.807) is 23.6 Å². The van der Waals surface area contributed by atoms with Gasteiger partial charge in [-0.1, -0.05) is 18.5 Å². The first-order valence-electron chi connectivity index (χ1n) is 8.17. The number of benzene rings is 1. The van der Waals surface area contributed by atoms with E-state index in [9.17, 15) is 14.4 Å². The van der Waals surface area contributed by atoms with Crippen molar-refractivity contribution in [1.29, 1.82) is 0 Å². The van der Waals surface area contributed by atoms with Crippen LogP contribution in [0.1, 0.15) is 13.3 Å². The highest BCUT2D eigenvalue weighted by molar-refractivity contribution is 7.04. The maximum atomic E-state index is 12.7. The number of halogens is 1. The molecule has 0 bridgehead atoms. The molecule has 2 aromatic heterocycles. The molecule has 142 valence electrons. The minimum atomic E-state index is -0.530. The van der Waals surface area contributed by atoms with Gasteiger partial charge in [-0.05, 0) is 36.2 Å². The van der Waals surface area contributed by atoms with Crippen LogP contribution in [0.15, 0.2) is 33.2 Å². The Morgan fingerprint density at radius 3 is 2.78 bits per heavy atom. The number of hydrogen-bond acceptors (Lipinski definition) is 6. The van der Waals surface area contributed by atoms with E-state index in [1.807, 2.05) is 6.92 Å². The number of aromatic nitrogens is 3. The molecule has 0 fully saturated rings. The molecule has 1 amide bonds. The quantitative estimate of drug-likeness (QED) is 0.675. The third-order valence-corrected chi connectivity index (χ3v) is 4.85. The van der Waals surface area contributed by atoms with Crippen LogP contribution >= 0.6 is 23.1 Å². The molecule has 27 heavy (non-hydrogen) atoms. The molecule has 1 aromatic carbocycles. The molecule has 0 saturated heterocycles. The molecule has 0 atom stereocenters. The van der Waals surface area contributed by atoms with Gasteiger partial charge in [-0.15, -0.1) is 0 Å². The second kappa shape index (κ2) is 7.93. The van der Waals surface area contributed by atoms with Crippen LogP contribution in [0.5, 0.6) is 5.75 Å². The highest BCUT2D eigenvalue weighted by Crippen LogP contribution is 2.27. The lowest BCUT2D eigenvalue weighted by Crippen LogP contribution is -2.41. The molecule has 0 radical (unpaired) electrons. The number of anilines is 1. The lowest BCUT2D eigenvalue weighted by atomic mass is 10.3. The molecule has 0 saturated carbocycles. The molecular weight excluding hydrogens is 392 g/mol. The average Bonchev–Trinajstić information content (AvgIpc) is 3.12. The van der Waals surface area contributed by atoms with Crippen LogP contribution in [0.3, 0.4) is 0 Å². The van der Waals surface area contributed by atoms with E-state index in [0.717, 1.165) is 16.1 Å². The zero-order chi connectivity index (χ0) is 19.6. The van der Waals surface area contributed by atoms with Gasteiger partial charge in [0.2, 0.25) is 5.91 Å². The first-order valence-corrected chi connectivity index (χ1v) is 9.38. The number of fused-ring (bicyclic) bond motifs is 1. The van der Waals surface area contributed by atoms with Gasteiger partial charge in [-0.2, -0.15) is 4.37 Å². The number of carbonyl (C=O) groups is 1. The third-order valence-electron chi connectivity index (χ3n) is 3.94. The lowest BCUT2D eigenvalue weighted by molar-refractivity contribution is -0.116. The minimum Gasteiger partial charge on any atom is -0.495 e. The van der Waals surface area contributed by atoms with E-state index >= 15 is 0 Å². The van der Waals surface area contributed by atoms with Gasteiger partial charge >= 0.3 is 5.69 Å². The van der Waals surface area contributed by atoms with Crippen molar-refractivity contribution < 1.29 is 9.53 Å². The molecule has 2 heterocycles. The maximum Gasteiger partial charge on any atom is 0.332 e. The van der Waals surface area contributed by atoms with Gasteiger partial charge < -0.3 is 10.1 Å². The van der Waals surface area contributed by atoms with E-state index in [1.165, 1.54) is 11.7 Å². The zero-order valence-electron chi connectivity index (χ0n) is 14.7. The largest absolute Gasteiger partial charge is 0.495 e. The van der Waals surface area contributed by atoms with Crippen molar-refractivity contribution in [3.05, 3.63) is 49.4 Å². The predicted molar refractivity (Wildman–Crippen MR) is 105 cm³/mol. The minimum absolute atomic E-state index is 0.188. The summed E-state index contributed by atoms with van der Waals surface area (Å²) >= 11 is 7.13. The molecule has 0 aliphatic rings. The summed E-state index contributed by atoms with van der Waals surface area (Å²) in [4.78, 5) is 37.6. The number of amides is 1. The Bertz CT molecular complexity index is 1120. The van der Waals surface area contributed by atoms with Gasteiger partial charge in [0.05, 0.1) is 17.6 Å². The van der Waals surface area contributed by atoms with Crippen LogP contribution in [0, 0.1) is 0 Å². The monoisotopic (exact) mass is 408 g/mol. The summed E-state index contributed by atoms with van der Waals surface area (Å²) in [5.74, 6) is 0.0658. The molecule has 0 aliphatic heterocycles. The molecule has 0 aliphatic carbocycles. The van der Waals surface area contributed by atoms with E-state index in [2.05, 4.69) is 9.69 Å². The molecular formula is C17H17ClN4O4S. The van der Waals surface area contributed by atoms with Crippen molar-refractivity contribution in [2.75, 3.05) is 12.4 Å². The molecule has 0 unspecified atom stereocenters. The topological polar surface area (TPSA) is 95.2 Å². The molecule has 8 nitrogen and oxygen atoms in total. The summed E-state index contributed by atoms with van der Waals surface area (Å²) in [5.41, 5.74) is 0.0492. The first-order chi connectivity index (χ1) is 13.0. The van der Waals surface area contributed by atoms with Crippen molar-refractivity contribution in [2.45, 2.75) is 26.4 Å². The van der Waals surface area contributed by atoms with Gasteiger partial charge in [0.1, 0.15) is 12.3 Å². The lowest BCUT2D eigenvalue weighted by Gasteiger charge is -2.12. The van der Waals surface area contributed by atoms with E-state index in [4.69, 9.17) is 16.3 Å². The summed E-state index contributed by atoms with van der Waals surface area (Å²) in [6.07, 6.45) is 0.612. The normalized spacial score (nSPS) is 10.9. The Morgan fingerprint density at radius 2 is 2.11 bits per heavy atom. The second-order valence-corrected chi connectivity index (χ2v) is 6.81.